The fourth-order valence-electron chi connectivity index (χ4n) is 8.78. The van der Waals surface area contributed by atoms with Crippen molar-refractivity contribution in [3.63, 3.8) is 0 Å². The highest BCUT2D eigenvalue weighted by Crippen LogP contribution is 2.41. The fraction of sp³-hybridized carbons (Fsp3) is 0.556. The van der Waals surface area contributed by atoms with Crippen LogP contribution in [0.4, 0.5) is 11.6 Å². The quantitative estimate of drug-likeness (QED) is 0.317. The Kier molecular flexibility index (Phi) is 8.01. The van der Waals surface area contributed by atoms with E-state index in [1.807, 2.05) is 13.2 Å². The van der Waals surface area contributed by atoms with Gasteiger partial charge >= 0.3 is 0 Å². The van der Waals surface area contributed by atoms with Gasteiger partial charge in [-0.2, -0.15) is 5.10 Å². The second-order valence-electron chi connectivity index (χ2n) is 14.7. The van der Waals surface area contributed by atoms with Crippen LogP contribution in [0.5, 0.6) is 0 Å². The monoisotopic (exact) mass is 637 g/mol. The van der Waals surface area contributed by atoms with Gasteiger partial charge < -0.3 is 24.4 Å². The molecule has 1 saturated carbocycles. The second kappa shape index (κ2) is 12.3. The number of piperidine rings is 2. The number of fused-ring (bicyclic) bond motifs is 1. The van der Waals surface area contributed by atoms with Crippen LogP contribution in [0.25, 0.3) is 22.3 Å². The van der Waals surface area contributed by atoms with Crippen molar-refractivity contribution in [2.75, 3.05) is 56.5 Å². The lowest BCUT2D eigenvalue weighted by atomic mass is 9.72. The first-order valence-electron chi connectivity index (χ1n) is 17.5. The molecule has 248 valence electrons. The van der Waals surface area contributed by atoms with E-state index in [0.717, 1.165) is 55.4 Å². The molecule has 3 saturated heterocycles. The number of nitrogens with one attached hydrogen (secondary N) is 1. The first kappa shape index (κ1) is 30.5. The summed E-state index contributed by atoms with van der Waals surface area (Å²) in [5, 5.41) is 17.7. The van der Waals surface area contributed by atoms with Gasteiger partial charge in [0.05, 0.1) is 29.0 Å². The van der Waals surface area contributed by atoms with Gasteiger partial charge in [0.2, 0.25) is 5.95 Å². The number of anilines is 2. The van der Waals surface area contributed by atoms with Gasteiger partial charge in [-0.15, -0.1) is 0 Å². The molecule has 1 aliphatic carbocycles. The zero-order chi connectivity index (χ0) is 32.1. The van der Waals surface area contributed by atoms with E-state index in [-0.39, 0.29) is 18.1 Å². The summed E-state index contributed by atoms with van der Waals surface area (Å²) in [5.74, 6) is 0.336. The topological polar surface area (TPSA) is 108 Å². The number of pyridine rings is 1. The number of aryl methyl sites for hydroxylation is 1. The van der Waals surface area contributed by atoms with E-state index in [2.05, 4.69) is 59.9 Å². The molecule has 0 bridgehead atoms. The number of hydrogen-bond donors (Lipinski definition) is 2. The summed E-state index contributed by atoms with van der Waals surface area (Å²) in [4.78, 5) is 30.8. The average molecular weight is 638 g/mol. The Balaban J connectivity index is 1.01. The molecule has 0 unspecified atom stereocenters. The van der Waals surface area contributed by atoms with E-state index in [1.54, 1.807) is 29.2 Å². The lowest BCUT2D eigenvalue weighted by molar-refractivity contribution is -0.0419. The minimum absolute atomic E-state index is 0.154. The van der Waals surface area contributed by atoms with Crippen LogP contribution in [0.3, 0.4) is 0 Å². The molecule has 1 spiro atoms. The predicted molar refractivity (Wildman–Crippen MR) is 184 cm³/mol. The van der Waals surface area contributed by atoms with E-state index >= 15 is 0 Å². The summed E-state index contributed by atoms with van der Waals surface area (Å²) in [6.45, 7) is 7.16. The number of rotatable bonds is 6. The number of aromatic nitrogens is 5. The van der Waals surface area contributed by atoms with Crippen molar-refractivity contribution in [2.24, 2.45) is 12.5 Å². The molecule has 8 rings (SSSR count). The van der Waals surface area contributed by atoms with Gasteiger partial charge in [0.1, 0.15) is 0 Å². The Morgan fingerprint density at radius 2 is 1.70 bits per heavy atom. The normalized spacial score (nSPS) is 24.1. The lowest BCUT2D eigenvalue weighted by Gasteiger charge is -2.54. The molecule has 4 aromatic rings. The highest BCUT2D eigenvalue weighted by atomic mass is 16.3. The van der Waals surface area contributed by atoms with Crippen LogP contribution in [-0.2, 0) is 7.05 Å². The van der Waals surface area contributed by atoms with Gasteiger partial charge in [-0.25, -0.2) is 4.98 Å². The molecule has 3 aliphatic heterocycles. The zero-order valence-corrected chi connectivity index (χ0v) is 27.7. The molecule has 1 amide bonds. The van der Waals surface area contributed by atoms with Crippen molar-refractivity contribution in [3.8, 4) is 11.3 Å². The van der Waals surface area contributed by atoms with Crippen LogP contribution in [0.15, 0.2) is 48.9 Å². The summed E-state index contributed by atoms with van der Waals surface area (Å²) < 4.78 is 3.95. The van der Waals surface area contributed by atoms with Crippen molar-refractivity contribution in [1.82, 2.24) is 34.1 Å². The summed E-state index contributed by atoms with van der Waals surface area (Å²) >= 11 is 0. The molecule has 6 heterocycles. The third-order valence-corrected chi connectivity index (χ3v) is 11.4. The van der Waals surface area contributed by atoms with Crippen LogP contribution in [0, 0.1) is 5.41 Å². The van der Waals surface area contributed by atoms with E-state index in [4.69, 9.17) is 4.98 Å². The summed E-state index contributed by atoms with van der Waals surface area (Å²) in [6, 6.07) is 10.9. The SMILES string of the molecule is CN1CC2(CCN(C3CCN(c4ccc5nc(NC(=O)c6ccnc(-c7cnn(C)c7)c6)n([C@H]6CC[C@@H](O)CC6)c5c4)CC3)CC2)C1. The van der Waals surface area contributed by atoms with E-state index in [0.29, 0.717) is 28.7 Å². The number of aliphatic hydroxyl groups is 1. The van der Waals surface area contributed by atoms with Gasteiger partial charge in [0.15, 0.2) is 0 Å². The molecule has 11 heteroatoms. The maximum atomic E-state index is 13.6. The van der Waals surface area contributed by atoms with Crippen molar-refractivity contribution in [3.05, 3.63) is 54.5 Å². The van der Waals surface area contributed by atoms with Crippen molar-refractivity contribution < 1.29 is 9.90 Å². The molecular formula is C36H47N9O2. The summed E-state index contributed by atoms with van der Waals surface area (Å²) in [6.07, 6.45) is 13.3. The van der Waals surface area contributed by atoms with Gasteiger partial charge in [-0.1, -0.05) is 0 Å². The molecule has 47 heavy (non-hydrogen) atoms. The highest BCUT2D eigenvalue weighted by Gasteiger charge is 2.44. The molecule has 2 N–H and O–H groups in total. The first-order valence-corrected chi connectivity index (χ1v) is 17.5. The van der Waals surface area contributed by atoms with E-state index in [1.165, 1.54) is 57.5 Å². The molecule has 1 aromatic carbocycles. The number of carbonyl (C=O) groups excluding carboxylic acids is 1. The molecular weight excluding hydrogens is 590 g/mol. The first-order chi connectivity index (χ1) is 22.8. The lowest BCUT2D eigenvalue weighted by Crippen LogP contribution is -2.60. The molecule has 4 fully saturated rings. The minimum atomic E-state index is -0.265. The van der Waals surface area contributed by atoms with E-state index < -0.39 is 0 Å². The Morgan fingerprint density at radius 3 is 2.40 bits per heavy atom. The maximum Gasteiger partial charge on any atom is 0.258 e. The summed E-state index contributed by atoms with van der Waals surface area (Å²) in [7, 11) is 4.11. The number of benzene rings is 1. The van der Waals surface area contributed by atoms with Gasteiger partial charge in [0, 0.05) is 74.5 Å². The molecule has 4 aliphatic rings. The third-order valence-electron chi connectivity index (χ3n) is 11.4. The molecule has 0 atom stereocenters. The zero-order valence-electron chi connectivity index (χ0n) is 27.7. The Bertz CT molecular complexity index is 1730. The van der Waals surface area contributed by atoms with E-state index in [9.17, 15) is 9.90 Å². The number of carbonyl (C=O) groups is 1. The van der Waals surface area contributed by atoms with Crippen LogP contribution >= 0.6 is 0 Å². The third kappa shape index (κ3) is 6.05. The molecule has 11 nitrogen and oxygen atoms in total. The molecule has 0 radical (unpaired) electrons. The number of nitrogens with zero attached hydrogens (tertiary/aromatic N) is 8. The summed E-state index contributed by atoms with van der Waals surface area (Å²) in [5.41, 5.74) is 5.81. The fourth-order valence-corrected chi connectivity index (χ4v) is 8.78. The molecule has 3 aromatic heterocycles. The number of hydrogen-bond acceptors (Lipinski definition) is 8. The van der Waals surface area contributed by atoms with Crippen molar-refractivity contribution in [1.29, 1.82) is 0 Å². The largest absolute Gasteiger partial charge is 0.393 e. The van der Waals surface area contributed by atoms with Gasteiger partial charge in [-0.05, 0) is 107 Å². The number of aliphatic hydroxyl groups excluding tert-OH is 1. The van der Waals surface area contributed by atoms with Crippen LogP contribution in [0.1, 0.15) is 67.8 Å². The standard InChI is InChI=1S/C36H47N9O2/c1-41-23-36(24-41)12-17-44(18-13-36)27-10-15-43(16-11-27)29-5-8-31-33(20-29)45(28-3-6-30(46)7-4-28)35(39-31)40-34(47)25-9-14-37-32(19-25)26-21-38-42(2)22-26/h5,8-9,14,19-22,27-28,30,46H,3-4,6-7,10-13,15-18,23-24H2,1-2H3,(H,39,40,47)/t28-,30+. The van der Waals surface area contributed by atoms with Crippen molar-refractivity contribution in [2.45, 2.75) is 69.6 Å². The smallest absolute Gasteiger partial charge is 0.258 e. The Morgan fingerprint density at radius 1 is 0.936 bits per heavy atom. The van der Waals surface area contributed by atoms with Crippen LogP contribution in [-0.4, -0.2) is 104 Å². The number of amides is 1. The maximum absolute atomic E-state index is 13.6. The van der Waals surface area contributed by atoms with Crippen molar-refractivity contribution >= 4 is 28.6 Å². The van der Waals surface area contributed by atoms with Gasteiger partial charge in [-0.3, -0.25) is 19.8 Å². The minimum Gasteiger partial charge on any atom is -0.393 e. The predicted octanol–water partition coefficient (Wildman–Crippen LogP) is 4.56. The Hall–Kier alpha value is -3.80. The Labute approximate surface area is 276 Å². The average Bonchev–Trinajstić information content (AvgIpc) is 3.68. The number of imidazole rings is 1. The second-order valence-corrected chi connectivity index (χ2v) is 14.7. The highest BCUT2D eigenvalue weighted by molar-refractivity contribution is 6.04. The van der Waals surface area contributed by atoms with Crippen LogP contribution in [0.2, 0.25) is 0 Å². The van der Waals surface area contributed by atoms with Crippen LogP contribution < -0.4 is 10.2 Å². The number of likely N-dealkylation sites (tertiary alicyclic amines) is 2. The van der Waals surface area contributed by atoms with Gasteiger partial charge in [0.25, 0.3) is 5.91 Å².